The number of aromatic nitrogens is 1. The molecule has 0 unspecified atom stereocenters. The normalized spacial score (nSPS) is 12.2. The van der Waals surface area contributed by atoms with E-state index in [1.807, 2.05) is 39.0 Å². The maximum atomic E-state index is 12.6. The van der Waals surface area contributed by atoms with Crippen molar-refractivity contribution in [2.24, 2.45) is 5.41 Å². The van der Waals surface area contributed by atoms with E-state index in [1.54, 1.807) is 6.20 Å². The lowest BCUT2D eigenvalue weighted by Gasteiger charge is -2.17. The lowest BCUT2D eigenvalue weighted by molar-refractivity contribution is -0.137. The van der Waals surface area contributed by atoms with Crippen molar-refractivity contribution in [2.45, 2.75) is 39.8 Å². The van der Waals surface area contributed by atoms with Crippen LogP contribution in [0.1, 0.15) is 38.3 Å². The summed E-state index contributed by atoms with van der Waals surface area (Å²) in [6.45, 7) is 6.34. The Balaban J connectivity index is 1.62. The number of anilines is 1. The molecule has 1 aromatic heterocycles. The summed E-state index contributed by atoms with van der Waals surface area (Å²) in [5.41, 5.74) is 1.55. The molecule has 0 aliphatic carbocycles. The predicted octanol–water partition coefficient (Wildman–Crippen LogP) is 6.18. The van der Waals surface area contributed by atoms with Gasteiger partial charge < -0.3 is 15.0 Å². The Hall–Kier alpha value is -2.96. The number of halogens is 3. The summed E-state index contributed by atoms with van der Waals surface area (Å²) in [4.78, 5) is 15.4. The summed E-state index contributed by atoms with van der Waals surface area (Å²) in [6.07, 6.45) is -1.69. The van der Waals surface area contributed by atoms with E-state index >= 15 is 0 Å². The first-order valence-corrected chi connectivity index (χ1v) is 9.71. The zero-order valence-electron chi connectivity index (χ0n) is 17.2. The Kier molecular flexibility index (Phi) is 6.10. The van der Waals surface area contributed by atoms with Crippen molar-refractivity contribution in [1.29, 1.82) is 0 Å². The van der Waals surface area contributed by atoms with Gasteiger partial charge >= 0.3 is 6.18 Å². The number of nitrogens with one attached hydrogen (secondary N) is 2. The summed E-state index contributed by atoms with van der Waals surface area (Å²) in [7, 11) is 0. The molecule has 1 amide bonds. The molecule has 0 saturated heterocycles. The van der Waals surface area contributed by atoms with E-state index in [2.05, 4.69) is 10.3 Å². The van der Waals surface area contributed by atoms with Gasteiger partial charge in [-0.3, -0.25) is 4.79 Å². The molecule has 160 valence electrons. The molecule has 0 aliphatic rings. The monoisotopic (exact) mass is 418 g/mol. The zero-order chi connectivity index (χ0) is 21.9. The maximum Gasteiger partial charge on any atom is 0.416 e. The largest absolute Gasteiger partial charge is 0.493 e. The van der Waals surface area contributed by atoms with Gasteiger partial charge in [-0.05, 0) is 41.3 Å². The molecule has 30 heavy (non-hydrogen) atoms. The van der Waals surface area contributed by atoms with E-state index in [0.717, 1.165) is 28.6 Å². The van der Waals surface area contributed by atoms with Crippen LogP contribution < -0.4 is 10.1 Å². The number of H-pyrrole nitrogens is 1. The standard InChI is InChI=1S/C23H25F3N2O2/c1-22(2,3)13-21(29)28-20-14-27-19-9-8-17(12-18(19)20)30-11-10-15-4-6-16(7-5-15)23(24,25)26/h4-9,12,14,27H,10-11,13H2,1-3H3,(H,28,29). The Bertz CT molecular complexity index is 1020. The van der Waals surface area contributed by atoms with Gasteiger partial charge in [0.15, 0.2) is 0 Å². The van der Waals surface area contributed by atoms with Crippen LogP contribution in [0.3, 0.4) is 0 Å². The molecule has 0 fully saturated rings. The summed E-state index contributed by atoms with van der Waals surface area (Å²) in [5, 5.41) is 3.77. The van der Waals surface area contributed by atoms with E-state index in [-0.39, 0.29) is 11.3 Å². The fraction of sp³-hybridized carbons (Fsp3) is 0.348. The molecule has 3 aromatic rings. The highest BCUT2D eigenvalue weighted by Gasteiger charge is 2.29. The molecule has 0 aliphatic heterocycles. The minimum Gasteiger partial charge on any atom is -0.493 e. The van der Waals surface area contributed by atoms with Crippen LogP contribution in [-0.4, -0.2) is 17.5 Å². The van der Waals surface area contributed by atoms with Crippen molar-refractivity contribution in [1.82, 2.24) is 4.98 Å². The van der Waals surface area contributed by atoms with Gasteiger partial charge in [0.2, 0.25) is 5.91 Å². The third-order valence-electron chi connectivity index (χ3n) is 4.56. The molecule has 2 N–H and O–H groups in total. The molecule has 7 heteroatoms. The van der Waals surface area contributed by atoms with Crippen molar-refractivity contribution in [2.75, 3.05) is 11.9 Å². The first-order valence-electron chi connectivity index (χ1n) is 9.71. The summed E-state index contributed by atoms with van der Waals surface area (Å²) < 4.78 is 43.7. The van der Waals surface area contributed by atoms with Gasteiger partial charge in [0, 0.05) is 29.9 Å². The highest BCUT2D eigenvalue weighted by molar-refractivity contribution is 6.02. The van der Waals surface area contributed by atoms with E-state index in [1.165, 1.54) is 12.1 Å². The summed E-state index contributed by atoms with van der Waals surface area (Å²) in [5.74, 6) is 0.567. The lowest BCUT2D eigenvalue weighted by Crippen LogP contribution is -2.19. The van der Waals surface area contributed by atoms with Gasteiger partial charge in [-0.2, -0.15) is 13.2 Å². The average molecular weight is 418 g/mol. The fourth-order valence-corrected chi connectivity index (χ4v) is 3.12. The number of benzene rings is 2. The third-order valence-corrected chi connectivity index (χ3v) is 4.56. The van der Waals surface area contributed by atoms with Gasteiger partial charge in [-0.1, -0.05) is 32.9 Å². The Morgan fingerprint density at radius 2 is 1.77 bits per heavy atom. The quantitative estimate of drug-likeness (QED) is 0.502. The van der Waals surface area contributed by atoms with Gasteiger partial charge in [0.1, 0.15) is 5.75 Å². The number of carbonyl (C=O) groups excluding carboxylic acids is 1. The van der Waals surface area contributed by atoms with Gasteiger partial charge in [-0.25, -0.2) is 0 Å². The number of fused-ring (bicyclic) bond motifs is 1. The van der Waals surface area contributed by atoms with Crippen LogP contribution in [0.2, 0.25) is 0 Å². The molecule has 0 saturated carbocycles. The minimum atomic E-state index is -4.33. The number of alkyl halides is 3. The highest BCUT2D eigenvalue weighted by Crippen LogP contribution is 2.30. The van der Waals surface area contributed by atoms with Crippen LogP contribution in [0.15, 0.2) is 48.7 Å². The van der Waals surface area contributed by atoms with Gasteiger partial charge in [0.05, 0.1) is 17.9 Å². The molecule has 3 rings (SSSR count). The molecule has 1 heterocycles. The fourth-order valence-electron chi connectivity index (χ4n) is 3.12. The van der Waals surface area contributed by atoms with E-state index in [4.69, 9.17) is 4.74 Å². The first kappa shape index (κ1) is 21.7. The molecule has 0 bridgehead atoms. The second kappa shape index (κ2) is 8.42. The Morgan fingerprint density at radius 3 is 2.40 bits per heavy atom. The number of amides is 1. The number of carbonyl (C=O) groups is 1. The minimum absolute atomic E-state index is 0.0583. The Labute approximate surface area is 173 Å². The Morgan fingerprint density at radius 1 is 1.07 bits per heavy atom. The second-order valence-electron chi connectivity index (χ2n) is 8.49. The van der Waals surface area contributed by atoms with Crippen LogP contribution in [0.25, 0.3) is 10.9 Å². The van der Waals surface area contributed by atoms with Gasteiger partial charge in [-0.15, -0.1) is 0 Å². The first-order chi connectivity index (χ1) is 14.0. The highest BCUT2D eigenvalue weighted by atomic mass is 19.4. The van der Waals surface area contributed by atoms with Crippen molar-refractivity contribution < 1.29 is 22.7 Å². The molecule has 0 atom stereocenters. The summed E-state index contributed by atoms with van der Waals surface area (Å²) >= 11 is 0. The maximum absolute atomic E-state index is 12.6. The molecule has 0 radical (unpaired) electrons. The zero-order valence-corrected chi connectivity index (χ0v) is 17.2. The lowest BCUT2D eigenvalue weighted by atomic mass is 9.92. The van der Waals surface area contributed by atoms with Crippen molar-refractivity contribution in [3.63, 3.8) is 0 Å². The van der Waals surface area contributed by atoms with Crippen LogP contribution in [0.4, 0.5) is 18.9 Å². The third kappa shape index (κ3) is 5.78. The topological polar surface area (TPSA) is 54.1 Å². The van der Waals surface area contributed by atoms with Crippen molar-refractivity contribution in [3.8, 4) is 5.75 Å². The molecule has 2 aromatic carbocycles. The van der Waals surface area contributed by atoms with E-state index in [0.29, 0.717) is 30.9 Å². The molecule has 0 spiro atoms. The smallest absolute Gasteiger partial charge is 0.416 e. The van der Waals surface area contributed by atoms with E-state index < -0.39 is 11.7 Å². The number of ether oxygens (including phenoxy) is 1. The SMILES string of the molecule is CC(C)(C)CC(=O)Nc1c[nH]c2ccc(OCCc3ccc(C(F)(F)F)cc3)cc12. The predicted molar refractivity (Wildman–Crippen MR) is 112 cm³/mol. The van der Waals surface area contributed by atoms with Crippen LogP contribution in [0.5, 0.6) is 5.75 Å². The summed E-state index contributed by atoms with van der Waals surface area (Å²) in [6, 6.07) is 10.6. The number of rotatable bonds is 6. The van der Waals surface area contributed by atoms with Crippen LogP contribution in [-0.2, 0) is 17.4 Å². The van der Waals surface area contributed by atoms with Crippen molar-refractivity contribution >= 4 is 22.5 Å². The molecular formula is C23H25F3N2O2. The van der Waals surface area contributed by atoms with Gasteiger partial charge in [0.25, 0.3) is 0 Å². The molecule has 4 nitrogen and oxygen atoms in total. The van der Waals surface area contributed by atoms with Crippen molar-refractivity contribution in [3.05, 3.63) is 59.8 Å². The second-order valence-corrected chi connectivity index (χ2v) is 8.49. The number of aromatic amines is 1. The molecular weight excluding hydrogens is 393 g/mol. The van der Waals surface area contributed by atoms with E-state index in [9.17, 15) is 18.0 Å². The number of hydrogen-bond acceptors (Lipinski definition) is 2. The van der Waals surface area contributed by atoms with Crippen LogP contribution >= 0.6 is 0 Å². The average Bonchev–Trinajstić information content (AvgIpc) is 3.02. The number of hydrogen-bond donors (Lipinski definition) is 2. The van der Waals surface area contributed by atoms with Crippen LogP contribution in [0, 0.1) is 5.41 Å².